The van der Waals surface area contributed by atoms with E-state index in [0.717, 1.165) is 16.9 Å². The highest BCUT2D eigenvalue weighted by atomic mass is 32.1. The summed E-state index contributed by atoms with van der Waals surface area (Å²) < 4.78 is 24.8. The molecule has 1 aliphatic rings. The minimum atomic E-state index is -0.381. The van der Waals surface area contributed by atoms with E-state index >= 15 is 0 Å². The van der Waals surface area contributed by atoms with Gasteiger partial charge in [0.2, 0.25) is 0 Å². The van der Waals surface area contributed by atoms with Crippen LogP contribution in [0, 0.1) is 5.82 Å². The Morgan fingerprint density at radius 1 is 1.03 bits per heavy atom. The summed E-state index contributed by atoms with van der Waals surface area (Å²) in [6.07, 6.45) is 1.72. The number of carbonyl (C=O) groups is 1. The first kappa shape index (κ1) is 24.4. The Kier molecular flexibility index (Phi) is 6.89. The molecule has 0 aliphatic carbocycles. The van der Waals surface area contributed by atoms with Crippen molar-refractivity contribution >= 4 is 35.0 Å². The summed E-state index contributed by atoms with van der Waals surface area (Å²) in [7, 11) is 1.61. The lowest BCUT2D eigenvalue weighted by molar-refractivity contribution is -0.113. The highest BCUT2D eigenvalue weighted by molar-refractivity contribution is 7.80. The van der Waals surface area contributed by atoms with Crippen molar-refractivity contribution in [3.8, 4) is 11.5 Å². The first-order valence-electron chi connectivity index (χ1n) is 11.2. The van der Waals surface area contributed by atoms with Crippen LogP contribution >= 0.6 is 12.2 Å². The molecule has 180 valence electrons. The van der Waals surface area contributed by atoms with Crippen molar-refractivity contribution in [3.05, 3.63) is 94.9 Å². The topological polar surface area (TPSA) is 50.8 Å². The fraction of sp³-hybridized carbons (Fsp3) is 0.214. The average Bonchev–Trinajstić information content (AvgIpc) is 3.10. The van der Waals surface area contributed by atoms with Gasteiger partial charge in [0.05, 0.1) is 12.8 Å². The van der Waals surface area contributed by atoms with E-state index in [1.54, 1.807) is 13.2 Å². The van der Waals surface area contributed by atoms with Gasteiger partial charge in [0.1, 0.15) is 29.6 Å². The number of amides is 1. The SMILES string of the molecule is COc1ccc(/C=C2/NC(=S)N(c3ccc(F)cc3)C2=O)cc1COc1ccc(C(C)(C)C)cc1. The largest absolute Gasteiger partial charge is 0.496 e. The fourth-order valence-electron chi connectivity index (χ4n) is 3.74. The third kappa shape index (κ3) is 5.52. The van der Waals surface area contributed by atoms with Crippen LogP contribution in [0.2, 0.25) is 0 Å². The Morgan fingerprint density at radius 2 is 1.71 bits per heavy atom. The van der Waals surface area contributed by atoms with Crippen molar-refractivity contribution in [1.82, 2.24) is 5.32 Å². The van der Waals surface area contributed by atoms with Crippen molar-refractivity contribution in [1.29, 1.82) is 0 Å². The van der Waals surface area contributed by atoms with Crippen LogP contribution in [-0.2, 0) is 16.8 Å². The zero-order chi connectivity index (χ0) is 25.2. The molecule has 5 nitrogen and oxygen atoms in total. The summed E-state index contributed by atoms with van der Waals surface area (Å²) >= 11 is 5.34. The molecule has 4 rings (SSSR count). The average molecular weight is 491 g/mol. The summed E-state index contributed by atoms with van der Waals surface area (Å²) in [5.41, 5.74) is 3.76. The second-order valence-electron chi connectivity index (χ2n) is 9.24. The Balaban J connectivity index is 1.53. The van der Waals surface area contributed by atoms with E-state index < -0.39 is 0 Å². The minimum absolute atomic E-state index is 0.0733. The molecule has 0 aromatic heterocycles. The second kappa shape index (κ2) is 9.88. The van der Waals surface area contributed by atoms with Gasteiger partial charge in [0, 0.05) is 5.56 Å². The monoisotopic (exact) mass is 490 g/mol. The summed E-state index contributed by atoms with van der Waals surface area (Å²) in [6.45, 7) is 6.81. The van der Waals surface area contributed by atoms with Crippen LogP contribution in [0.4, 0.5) is 10.1 Å². The van der Waals surface area contributed by atoms with Gasteiger partial charge in [0.15, 0.2) is 5.11 Å². The Bertz CT molecular complexity index is 1280. The van der Waals surface area contributed by atoms with Crippen LogP contribution in [0.5, 0.6) is 11.5 Å². The van der Waals surface area contributed by atoms with E-state index in [-0.39, 0.29) is 22.3 Å². The molecule has 0 atom stereocenters. The number of ether oxygens (including phenoxy) is 2. The molecule has 0 unspecified atom stereocenters. The molecule has 0 saturated carbocycles. The predicted molar refractivity (Wildman–Crippen MR) is 140 cm³/mol. The first-order chi connectivity index (χ1) is 16.7. The van der Waals surface area contributed by atoms with Crippen LogP contribution in [0.3, 0.4) is 0 Å². The van der Waals surface area contributed by atoms with E-state index in [2.05, 4.69) is 38.2 Å². The maximum Gasteiger partial charge on any atom is 0.281 e. The van der Waals surface area contributed by atoms with Gasteiger partial charge in [-0.15, -0.1) is 0 Å². The van der Waals surface area contributed by atoms with Crippen molar-refractivity contribution < 1.29 is 18.7 Å². The van der Waals surface area contributed by atoms with Crippen LogP contribution < -0.4 is 19.7 Å². The van der Waals surface area contributed by atoms with E-state index in [4.69, 9.17) is 21.7 Å². The Labute approximate surface area is 210 Å². The number of methoxy groups -OCH3 is 1. The lowest BCUT2D eigenvalue weighted by Gasteiger charge is -2.19. The summed E-state index contributed by atoms with van der Waals surface area (Å²) in [5.74, 6) is 0.756. The molecule has 0 bridgehead atoms. The standard InChI is InChI=1S/C28H27FN2O3S/c1-28(2,3)20-6-12-23(13-7-20)34-17-19-15-18(5-14-25(19)33-4)16-24-26(32)31(27(35)30-24)22-10-8-21(29)9-11-22/h5-16H,17H2,1-4H3,(H,30,35)/b24-16+. The number of halogens is 1. The fourth-order valence-corrected chi connectivity index (χ4v) is 4.04. The third-order valence-electron chi connectivity index (χ3n) is 5.69. The van der Waals surface area contributed by atoms with Gasteiger partial charge < -0.3 is 14.8 Å². The maximum atomic E-state index is 13.3. The number of anilines is 1. The number of benzene rings is 3. The number of rotatable bonds is 6. The molecule has 1 N–H and O–H groups in total. The first-order valence-corrected chi connectivity index (χ1v) is 11.6. The molecule has 3 aromatic carbocycles. The second-order valence-corrected chi connectivity index (χ2v) is 9.63. The van der Waals surface area contributed by atoms with Gasteiger partial charge in [-0.3, -0.25) is 9.69 Å². The molecule has 0 radical (unpaired) electrons. The van der Waals surface area contributed by atoms with Crippen molar-refractivity contribution in [2.24, 2.45) is 0 Å². The van der Waals surface area contributed by atoms with Gasteiger partial charge in [-0.05, 0) is 83.4 Å². The van der Waals surface area contributed by atoms with E-state index in [9.17, 15) is 9.18 Å². The summed E-state index contributed by atoms with van der Waals surface area (Å²) in [6, 6.07) is 19.3. The van der Waals surface area contributed by atoms with E-state index in [1.165, 1.54) is 34.7 Å². The van der Waals surface area contributed by atoms with Gasteiger partial charge in [-0.2, -0.15) is 0 Å². The molecule has 1 heterocycles. The number of nitrogens with zero attached hydrogens (tertiary/aromatic N) is 1. The number of hydrogen-bond donors (Lipinski definition) is 1. The predicted octanol–water partition coefficient (Wildman–Crippen LogP) is 5.97. The number of nitrogens with one attached hydrogen (secondary N) is 1. The molecule has 1 saturated heterocycles. The van der Waals surface area contributed by atoms with Crippen molar-refractivity contribution in [2.75, 3.05) is 12.0 Å². The molecule has 7 heteroatoms. The molecule has 1 fully saturated rings. The number of thiocarbonyl (C=S) groups is 1. The summed E-state index contributed by atoms with van der Waals surface area (Å²) in [4.78, 5) is 14.3. The quantitative estimate of drug-likeness (QED) is 0.341. The van der Waals surface area contributed by atoms with E-state index in [0.29, 0.717) is 23.7 Å². The number of hydrogen-bond acceptors (Lipinski definition) is 4. The Morgan fingerprint density at radius 3 is 2.34 bits per heavy atom. The van der Waals surface area contributed by atoms with Crippen molar-refractivity contribution in [2.45, 2.75) is 32.8 Å². The van der Waals surface area contributed by atoms with Crippen LogP contribution in [0.25, 0.3) is 6.08 Å². The smallest absolute Gasteiger partial charge is 0.281 e. The minimum Gasteiger partial charge on any atom is -0.496 e. The molecular formula is C28H27FN2O3S. The third-order valence-corrected chi connectivity index (χ3v) is 5.98. The number of carbonyl (C=O) groups excluding carboxylic acids is 1. The highest BCUT2D eigenvalue weighted by Gasteiger charge is 2.32. The van der Waals surface area contributed by atoms with Gasteiger partial charge in [0.25, 0.3) is 5.91 Å². The zero-order valence-corrected chi connectivity index (χ0v) is 20.9. The summed E-state index contributed by atoms with van der Waals surface area (Å²) in [5, 5.41) is 3.19. The molecule has 1 aliphatic heterocycles. The van der Waals surface area contributed by atoms with Gasteiger partial charge in [-0.1, -0.05) is 39.0 Å². The zero-order valence-electron chi connectivity index (χ0n) is 20.1. The van der Waals surface area contributed by atoms with Gasteiger partial charge >= 0.3 is 0 Å². The maximum absolute atomic E-state index is 13.3. The Hall–Kier alpha value is -3.71. The molecule has 1 amide bonds. The normalized spacial score (nSPS) is 14.9. The molecular weight excluding hydrogens is 463 g/mol. The van der Waals surface area contributed by atoms with E-state index in [1.807, 2.05) is 30.3 Å². The van der Waals surface area contributed by atoms with Gasteiger partial charge in [-0.25, -0.2) is 4.39 Å². The van der Waals surface area contributed by atoms with Crippen LogP contribution in [0.1, 0.15) is 37.5 Å². The lowest BCUT2D eigenvalue weighted by atomic mass is 9.87. The molecule has 3 aromatic rings. The van der Waals surface area contributed by atoms with Crippen molar-refractivity contribution in [3.63, 3.8) is 0 Å². The molecule has 0 spiro atoms. The van der Waals surface area contributed by atoms with Crippen LogP contribution in [-0.4, -0.2) is 18.1 Å². The van der Waals surface area contributed by atoms with Crippen LogP contribution in [0.15, 0.2) is 72.4 Å². The molecule has 35 heavy (non-hydrogen) atoms. The highest BCUT2D eigenvalue weighted by Crippen LogP contribution is 2.28. The lowest BCUT2D eigenvalue weighted by Crippen LogP contribution is -2.30.